The van der Waals surface area contributed by atoms with E-state index in [-0.39, 0.29) is 11.9 Å². The standard InChI is InChI=1S/C27H25F3N8O/c1-4-37-13-20(27(28,29)30)35-24(37)18-9-5-16(6-10-18)15(2)38-25-19(12-34-38)11-31-23(36-25)21-22(17-7-8-17)32-14-33-26(21)39-3/h5-6,9-15,17H,4,7-8H2,1-3H3/t15-/m0/s1. The van der Waals surface area contributed by atoms with Gasteiger partial charge in [-0.25, -0.2) is 29.6 Å². The number of nitrogens with zero attached hydrogens (tertiary/aromatic N) is 8. The zero-order chi connectivity index (χ0) is 27.3. The summed E-state index contributed by atoms with van der Waals surface area (Å²) in [4.78, 5) is 22.0. The first kappa shape index (κ1) is 25.0. The van der Waals surface area contributed by atoms with Crippen LogP contribution in [0, 0.1) is 0 Å². The van der Waals surface area contributed by atoms with Crippen LogP contribution in [0.15, 0.2) is 49.2 Å². The van der Waals surface area contributed by atoms with Crippen LogP contribution in [0.2, 0.25) is 0 Å². The molecule has 39 heavy (non-hydrogen) atoms. The van der Waals surface area contributed by atoms with Crippen LogP contribution in [0.4, 0.5) is 13.2 Å². The summed E-state index contributed by atoms with van der Waals surface area (Å²) in [7, 11) is 1.56. The molecule has 0 aliphatic heterocycles. The molecule has 1 saturated carbocycles. The third kappa shape index (κ3) is 4.49. The van der Waals surface area contributed by atoms with E-state index in [9.17, 15) is 13.2 Å². The van der Waals surface area contributed by atoms with E-state index in [2.05, 4.69) is 25.0 Å². The molecular formula is C27H25F3N8O. The molecular weight excluding hydrogens is 509 g/mol. The van der Waals surface area contributed by atoms with Gasteiger partial charge >= 0.3 is 6.18 Å². The molecule has 0 bridgehead atoms. The van der Waals surface area contributed by atoms with Crippen molar-refractivity contribution in [3.8, 4) is 28.7 Å². The normalized spacial score (nSPS) is 14.6. The first-order valence-electron chi connectivity index (χ1n) is 12.6. The minimum atomic E-state index is -4.50. The molecule has 4 heterocycles. The Balaban J connectivity index is 1.35. The molecule has 4 aromatic heterocycles. The second kappa shape index (κ2) is 9.44. The molecule has 1 aliphatic rings. The third-order valence-electron chi connectivity index (χ3n) is 6.98. The number of benzene rings is 1. The van der Waals surface area contributed by atoms with Crippen molar-refractivity contribution in [3.05, 3.63) is 66.1 Å². The molecule has 0 unspecified atom stereocenters. The maximum absolute atomic E-state index is 13.2. The monoisotopic (exact) mass is 534 g/mol. The second-order valence-corrected chi connectivity index (χ2v) is 9.51. The minimum absolute atomic E-state index is 0.215. The van der Waals surface area contributed by atoms with Crippen molar-refractivity contribution in [3.63, 3.8) is 0 Å². The number of fused-ring (bicyclic) bond motifs is 1. The summed E-state index contributed by atoms with van der Waals surface area (Å²) in [6, 6.07) is 7.09. The molecule has 1 aliphatic carbocycles. The highest BCUT2D eigenvalue weighted by atomic mass is 19.4. The van der Waals surface area contributed by atoms with Gasteiger partial charge in [0.2, 0.25) is 5.88 Å². The molecule has 0 amide bonds. The Morgan fingerprint density at radius 1 is 1.05 bits per heavy atom. The van der Waals surface area contributed by atoms with Crippen molar-refractivity contribution >= 4 is 11.0 Å². The van der Waals surface area contributed by atoms with Crippen molar-refractivity contribution in [1.82, 2.24) is 39.3 Å². The van der Waals surface area contributed by atoms with Crippen LogP contribution in [0.1, 0.15) is 55.6 Å². The highest BCUT2D eigenvalue weighted by molar-refractivity contribution is 5.77. The molecule has 0 saturated heterocycles. The van der Waals surface area contributed by atoms with E-state index < -0.39 is 11.9 Å². The van der Waals surface area contributed by atoms with Crippen LogP contribution in [0.3, 0.4) is 0 Å². The number of rotatable bonds is 7. The summed E-state index contributed by atoms with van der Waals surface area (Å²) in [5, 5.41) is 5.34. The number of aryl methyl sites for hydroxylation is 1. The zero-order valence-electron chi connectivity index (χ0n) is 21.5. The average molecular weight is 535 g/mol. The molecule has 1 atom stereocenters. The summed E-state index contributed by atoms with van der Waals surface area (Å²) in [5.41, 5.74) is 2.82. The van der Waals surface area contributed by atoms with Crippen LogP contribution in [-0.2, 0) is 12.7 Å². The maximum Gasteiger partial charge on any atom is 0.434 e. The predicted molar refractivity (Wildman–Crippen MR) is 137 cm³/mol. The third-order valence-corrected chi connectivity index (χ3v) is 6.98. The van der Waals surface area contributed by atoms with Crippen LogP contribution in [0.25, 0.3) is 33.8 Å². The van der Waals surface area contributed by atoms with Crippen LogP contribution in [0.5, 0.6) is 5.88 Å². The van der Waals surface area contributed by atoms with Crippen molar-refractivity contribution in [2.24, 2.45) is 0 Å². The van der Waals surface area contributed by atoms with E-state index in [1.54, 1.807) is 43.2 Å². The second-order valence-electron chi connectivity index (χ2n) is 9.51. The molecule has 0 N–H and O–H groups in total. The van der Waals surface area contributed by atoms with E-state index >= 15 is 0 Å². The fourth-order valence-corrected chi connectivity index (χ4v) is 4.73. The maximum atomic E-state index is 13.2. The van der Waals surface area contributed by atoms with Gasteiger partial charge in [-0.05, 0) is 32.3 Å². The number of alkyl halides is 3. The summed E-state index contributed by atoms with van der Waals surface area (Å²) < 4.78 is 48.5. The van der Waals surface area contributed by atoms with Crippen LogP contribution in [-0.4, -0.2) is 46.4 Å². The fraction of sp³-hybridized carbons (Fsp3) is 0.333. The number of halogens is 3. The van der Waals surface area contributed by atoms with Crippen molar-refractivity contribution in [1.29, 1.82) is 0 Å². The van der Waals surface area contributed by atoms with Gasteiger partial charge in [-0.2, -0.15) is 18.3 Å². The van der Waals surface area contributed by atoms with Gasteiger partial charge in [-0.1, -0.05) is 24.3 Å². The highest BCUT2D eigenvalue weighted by Gasteiger charge is 2.35. The fourth-order valence-electron chi connectivity index (χ4n) is 4.73. The van der Waals surface area contributed by atoms with Gasteiger partial charge in [-0.3, -0.25) is 0 Å². The quantitative estimate of drug-likeness (QED) is 0.265. The minimum Gasteiger partial charge on any atom is -0.480 e. The van der Waals surface area contributed by atoms with Crippen molar-refractivity contribution in [2.75, 3.05) is 7.11 Å². The van der Waals surface area contributed by atoms with E-state index in [4.69, 9.17) is 9.72 Å². The molecule has 6 rings (SSSR count). The van der Waals surface area contributed by atoms with Gasteiger partial charge in [0.05, 0.1) is 30.4 Å². The molecule has 9 nitrogen and oxygen atoms in total. The smallest absolute Gasteiger partial charge is 0.434 e. The van der Waals surface area contributed by atoms with Crippen LogP contribution < -0.4 is 4.74 Å². The van der Waals surface area contributed by atoms with Crippen molar-refractivity contribution < 1.29 is 17.9 Å². The van der Waals surface area contributed by atoms with E-state index in [0.29, 0.717) is 40.9 Å². The number of methoxy groups -OCH3 is 1. The number of imidazole rings is 1. The highest BCUT2D eigenvalue weighted by Crippen LogP contribution is 2.45. The van der Waals surface area contributed by atoms with Crippen molar-refractivity contribution in [2.45, 2.75) is 51.4 Å². The number of hydrogen-bond donors (Lipinski definition) is 0. The lowest BCUT2D eigenvalue weighted by Crippen LogP contribution is -2.10. The first-order chi connectivity index (χ1) is 18.8. The lowest BCUT2D eigenvalue weighted by atomic mass is 10.1. The van der Waals surface area contributed by atoms with E-state index in [0.717, 1.165) is 35.7 Å². The molecule has 12 heteroatoms. The van der Waals surface area contributed by atoms with Gasteiger partial charge < -0.3 is 9.30 Å². The Morgan fingerprint density at radius 3 is 2.49 bits per heavy atom. The lowest BCUT2D eigenvalue weighted by Gasteiger charge is -2.15. The molecule has 1 fully saturated rings. The molecule has 200 valence electrons. The molecule has 5 aromatic rings. The predicted octanol–water partition coefficient (Wildman–Crippen LogP) is 5.68. The zero-order valence-corrected chi connectivity index (χ0v) is 21.5. The number of hydrogen-bond acceptors (Lipinski definition) is 7. The molecule has 0 radical (unpaired) electrons. The Kier molecular flexibility index (Phi) is 6.04. The van der Waals surface area contributed by atoms with Gasteiger partial charge in [0.15, 0.2) is 17.2 Å². The Hall–Kier alpha value is -4.35. The van der Waals surface area contributed by atoms with E-state index in [1.165, 1.54) is 10.9 Å². The molecule has 1 aromatic carbocycles. The van der Waals surface area contributed by atoms with Gasteiger partial charge in [0.25, 0.3) is 0 Å². The average Bonchev–Trinajstić information content (AvgIpc) is 3.55. The summed E-state index contributed by atoms with van der Waals surface area (Å²) in [5.74, 6) is 1.52. The first-order valence-corrected chi connectivity index (χ1v) is 12.6. The Labute approximate surface area is 221 Å². The van der Waals surface area contributed by atoms with E-state index in [1.807, 2.05) is 19.1 Å². The summed E-state index contributed by atoms with van der Waals surface area (Å²) in [6.07, 6.45) is 3.58. The van der Waals surface area contributed by atoms with Gasteiger partial charge in [0, 0.05) is 30.4 Å². The lowest BCUT2D eigenvalue weighted by molar-refractivity contribution is -0.140. The molecule has 0 spiro atoms. The van der Waals surface area contributed by atoms with Gasteiger partial charge in [-0.15, -0.1) is 0 Å². The van der Waals surface area contributed by atoms with Gasteiger partial charge in [0.1, 0.15) is 17.7 Å². The SMILES string of the molecule is CCn1cc(C(F)(F)F)nc1-c1ccc([C@H](C)n2ncc3cnc(-c4c(OC)ncnc4C4CC4)nc32)cc1. The Bertz CT molecular complexity index is 1650. The number of aromatic nitrogens is 8. The summed E-state index contributed by atoms with van der Waals surface area (Å²) in [6.45, 7) is 4.14. The van der Waals surface area contributed by atoms with Crippen LogP contribution >= 0.6 is 0 Å². The number of ether oxygens (including phenoxy) is 1. The summed E-state index contributed by atoms with van der Waals surface area (Å²) >= 11 is 0. The largest absolute Gasteiger partial charge is 0.480 e. The topological polar surface area (TPSA) is 96.4 Å². The Morgan fingerprint density at radius 2 is 1.82 bits per heavy atom.